The molecule has 3 rings (SSSR count). The van der Waals surface area contributed by atoms with Gasteiger partial charge in [-0.05, 0) is 24.3 Å². The quantitative estimate of drug-likeness (QED) is 0.561. The van der Waals surface area contributed by atoms with Crippen molar-refractivity contribution in [1.82, 2.24) is 0 Å². The fourth-order valence-corrected chi connectivity index (χ4v) is 3.04. The van der Waals surface area contributed by atoms with Gasteiger partial charge in [0.15, 0.2) is 0 Å². The van der Waals surface area contributed by atoms with Gasteiger partial charge < -0.3 is 14.2 Å². The van der Waals surface area contributed by atoms with Crippen LogP contribution >= 0.6 is 0 Å². The number of rotatable bonds is 7. The van der Waals surface area contributed by atoms with Gasteiger partial charge in [-0.3, -0.25) is 4.99 Å². The summed E-state index contributed by atoms with van der Waals surface area (Å²) in [5, 5.41) is 0. The molecule has 0 bridgehead atoms. The average Bonchev–Trinajstić information content (AvgIpc) is 2.74. The van der Waals surface area contributed by atoms with Crippen LogP contribution in [-0.2, 0) is 0 Å². The third kappa shape index (κ3) is 4.11. The molecule has 0 atom stereocenters. The van der Waals surface area contributed by atoms with E-state index in [2.05, 4.69) is 0 Å². The Hall–Kier alpha value is -3.27. The molecule has 0 amide bonds. The predicted octanol–water partition coefficient (Wildman–Crippen LogP) is 4.92. The van der Waals surface area contributed by atoms with Crippen molar-refractivity contribution in [3.8, 4) is 17.2 Å². The Bertz CT molecular complexity index is 873. The van der Waals surface area contributed by atoms with E-state index in [0.29, 0.717) is 0 Å². The highest BCUT2D eigenvalue weighted by Gasteiger charge is 2.20. The van der Waals surface area contributed by atoms with E-state index in [4.69, 9.17) is 19.2 Å². The van der Waals surface area contributed by atoms with Gasteiger partial charge in [0.2, 0.25) is 0 Å². The normalized spacial score (nSPS) is 11.0. The average molecular weight is 361 g/mol. The van der Waals surface area contributed by atoms with Crippen LogP contribution < -0.4 is 14.2 Å². The van der Waals surface area contributed by atoms with Gasteiger partial charge in [-0.2, -0.15) is 0 Å². The van der Waals surface area contributed by atoms with E-state index in [1.807, 2.05) is 79.0 Å². The molecule has 4 heteroatoms. The van der Waals surface area contributed by atoms with Crippen LogP contribution in [0.1, 0.15) is 22.7 Å². The Labute approximate surface area is 160 Å². The van der Waals surface area contributed by atoms with Crippen molar-refractivity contribution < 1.29 is 14.2 Å². The van der Waals surface area contributed by atoms with Gasteiger partial charge in [0.25, 0.3) is 0 Å². The molecule has 0 spiro atoms. The van der Waals surface area contributed by atoms with Crippen molar-refractivity contribution in [3.63, 3.8) is 0 Å². The molecule has 0 heterocycles. The van der Waals surface area contributed by atoms with Crippen molar-refractivity contribution in [2.75, 3.05) is 21.3 Å². The Kier molecular flexibility index (Phi) is 6.10. The summed E-state index contributed by atoms with van der Waals surface area (Å²) in [4.78, 5) is 4.90. The molecule has 0 unspecified atom stereocenters. The van der Waals surface area contributed by atoms with Gasteiger partial charge in [-0.15, -0.1) is 0 Å². The zero-order valence-electron chi connectivity index (χ0n) is 15.8. The van der Waals surface area contributed by atoms with E-state index >= 15 is 0 Å². The standard InChI is InChI=1S/C23H23NO3/c1-25-20-13-7-4-10-17(20)16-24-23(18-11-5-8-14-21(18)26-2)19-12-6-9-15-22(19)27-3/h4-16,23H,1-3H3. The summed E-state index contributed by atoms with van der Waals surface area (Å²) in [5.41, 5.74) is 2.85. The molecule has 0 N–H and O–H groups in total. The Balaban J connectivity index is 2.12. The topological polar surface area (TPSA) is 40.0 Å². The number of para-hydroxylation sites is 3. The van der Waals surface area contributed by atoms with Crippen molar-refractivity contribution >= 4 is 6.21 Å². The lowest BCUT2D eigenvalue weighted by molar-refractivity contribution is 0.400. The first-order valence-electron chi connectivity index (χ1n) is 8.70. The van der Waals surface area contributed by atoms with Gasteiger partial charge >= 0.3 is 0 Å². The molecule has 3 aromatic rings. The number of ether oxygens (including phenoxy) is 3. The molecule has 0 saturated heterocycles. The molecular formula is C23H23NO3. The second kappa shape index (κ2) is 8.90. The van der Waals surface area contributed by atoms with Crippen LogP contribution in [0, 0.1) is 0 Å². The van der Waals surface area contributed by atoms with E-state index in [9.17, 15) is 0 Å². The predicted molar refractivity (Wildman–Crippen MR) is 108 cm³/mol. The lowest BCUT2D eigenvalue weighted by atomic mass is 9.97. The minimum atomic E-state index is -0.276. The van der Waals surface area contributed by atoms with Crippen LogP contribution in [0.15, 0.2) is 77.8 Å². The Morgan fingerprint density at radius 3 is 1.59 bits per heavy atom. The SMILES string of the molecule is COc1ccccc1C=NC(c1ccccc1OC)c1ccccc1OC. The molecule has 3 aromatic carbocycles. The number of hydrogen-bond acceptors (Lipinski definition) is 4. The molecule has 138 valence electrons. The molecule has 0 radical (unpaired) electrons. The first kappa shape index (κ1) is 18.5. The Morgan fingerprint density at radius 2 is 1.07 bits per heavy atom. The van der Waals surface area contributed by atoms with Gasteiger partial charge in [0, 0.05) is 22.9 Å². The summed E-state index contributed by atoms with van der Waals surface area (Å²) in [6.45, 7) is 0. The first-order chi connectivity index (χ1) is 13.3. The highest BCUT2D eigenvalue weighted by molar-refractivity contribution is 5.84. The maximum Gasteiger partial charge on any atom is 0.127 e. The smallest absolute Gasteiger partial charge is 0.127 e. The molecule has 4 nitrogen and oxygen atoms in total. The molecule has 0 aliphatic heterocycles. The largest absolute Gasteiger partial charge is 0.496 e. The van der Waals surface area contributed by atoms with Crippen LogP contribution in [0.5, 0.6) is 17.2 Å². The minimum Gasteiger partial charge on any atom is -0.496 e. The minimum absolute atomic E-state index is 0.276. The van der Waals surface area contributed by atoms with Crippen LogP contribution in [-0.4, -0.2) is 27.5 Å². The van der Waals surface area contributed by atoms with Crippen molar-refractivity contribution in [2.45, 2.75) is 6.04 Å². The summed E-state index contributed by atoms with van der Waals surface area (Å²) in [6, 6.07) is 23.3. The lowest BCUT2D eigenvalue weighted by Gasteiger charge is -2.19. The summed E-state index contributed by atoms with van der Waals surface area (Å²) in [6.07, 6.45) is 1.84. The molecule has 0 aliphatic rings. The van der Waals surface area contributed by atoms with Crippen LogP contribution in [0.2, 0.25) is 0 Å². The second-order valence-corrected chi connectivity index (χ2v) is 5.91. The molecule has 0 aromatic heterocycles. The van der Waals surface area contributed by atoms with Crippen molar-refractivity contribution in [3.05, 3.63) is 89.5 Å². The summed E-state index contributed by atoms with van der Waals surface area (Å²) >= 11 is 0. The maximum atomic E-state index is 5.58. The molecule has 0 fully saturated rings. The Morgan fingerprint density at radius 1 is 0.630 bits per heavy atom. The van der Waals surface area contributed by atoms with Crippen LogP contribution in [0.25, 0.3) is 0 Å². The lowest BCUT2D eigenvalue weighted by Crippen LogP contribution is -2.04. The van der Waals surface area contributed by atoms with Crippen LogP contribution in [0.3, 0.4) is 0 Å². The molecule has 0 saturated carbocycles. The maximum absolute atomic E-state index is 5.58. The highest BCUT2D eigenvalue weighted by atomic mass is 16.5. The number of hydrogen-bond donors (Lipinski definition) is 0. The zero-order valence-corrected chi connectivity index (χ0v) is 15.8. The number of benzene rings is 3. The summed E-state index contributed by atoms with van der Waals surface area (Å²) in [5.74, 6) is 2.34. The number of methoxy groups -OCH3 is 3. The van der Waals surface area contributed by atoms with E-state index in [0.717, 1.165) is 33.9 Å². The third-order valence-corrected chi connectivity index (χ3v) is 4.37. The summed E-state index contributed by atoms with van der Waals surface area (Å²) < 4.78 is 16.6. The first-order valence-corrected chi connectivity index (χ1v) is 8.70. The highest BCUT2D eigenvalue weighted by Crippen LogP contribution is 2.37. The monoisotopic (exact) mass is 361 g/mol. The van der Waals surface area contributed by atoms with Crippen molar-refractivity contribution in [1.29, 1.82) is 0 Å². The van der Waals surface area contributed by atoms with Crippen molar-refractivity contribution in [2.24, 2.45) is 4.99 Å². The number of aliphatic imine (C=N–C) groups is 1. The summed E-state index contributed by atoms with van der Waals surface area (Å²) in [7, 11) is 4.99. The van der Waals surface area contributed by atoms with Gasteiger partial charge in [0.05, 0.1) is 21.3 Å². The van der Waals surface area contributed by atoms with E-state index in [1.165, 1.54) is 0 Å². The second-order valence-electron chi connectivity index (χ2n) is 5.91. The van der Waals surface area contributed by atoms with E-state index in [1.54, 1.807) is 21.3 Å². The fourth-order valence-electron chi connectivity index (χ4n) is 3.04. The van der Waals surface area contributed by atoms with Gasteiger partial charge in [0.1, 0.15) is 23.3 Å². The number of nitrogens with zero attached hydrogens (tertiary/aromatic N) is 1. The molecular weight excluding hydrogens is 338 g/mol. The van der Waals surface area contributed by atoms with E-state index < -0.39 is 0 Å². The van der Waals surface area contributed by atoms with E-state index in [-0.39, 0.29) is 6.04 Å². The molecule has 27 heavy (non-hydrogen) atoms. The van der Waals surface area contributed by atoms with Gasteiger partial charge in [-0.25, -0.2) is 0 Å². The molecule has 0 aliphatic carbocycles. The third-order valence-electron chi connectivity index (χ3n) is 4.37. The fraction of sp³-hybridized carbons (Fsp3) is 0.174. The van der Waals surface area contributed by atoms with Gasteiger partial charge in [-0.1, -0.05) is 48.5 Å². The zero-order chi connectivity index (χ0) is 19.1. The van der Waals surface area contributed by atoms with Crippen LogP contribution in [0.4, 0.5) is 0 Å².